The predicted octanol–water partition coefficient (Wildman–Crippen LogP) is 1.41. The quantitative estimate of drug-likeness (QED) is 0.815. The maximum absolute atomic E-state index is 11.0. The minimum atomic E-state index is -0.164. The molecule has 2 aromatic heterocycles. The zero-order chi connectivity index (χ0) is 11.4. The van der Waals surface area contributed by atoms with Crippen LogP contribution in [0.2, 0.25) is 0 Å². The number of hydrogen-bond donors (Lipinski definition) is 2. The molecule has 2 rings (SSSR count). The van der Waals surface area contributed by atoms with E-state index in [1.54, 1.807) is 6.26 Å². The molecule has 0 spiro atoms. The van der Waals surface area contributed by atoms with Gasteiger partial charge in [-0.15, -0.1) is 0 Å². The van der Waals surface area contributed by atoms with Crippen LogP contribution in [0, 0.1) is 0 Å². The van der Waals surface area contributed by atoms with E-state index >= 15 is 0 Å². The molecule has 0 radical (unpaired) electrons. The third-order valence-electron chi connectivity index (χ3n) is 2.16. The summed E-state index contributed by atoms with van der Waals surface area (Å²) in [5, 5.41) is 3.13. The summed E-state index contributed by atoms with van der Waals surface area (Å²) >= 11 is 0. The summed E-state index contributed by atoms with van der Waals surface area (Å²) in [4.78, 5) is 17.5. The molecule has 0 fully saturated rings. The number of nitrogens with one attached hydrogen (secondary N) is 2. The molecule has 0 aliphatic rings. The molecule has 0 aromatic carbocycles. The molecule has 0 aliphatic carbocycles. The Morgan fingerprint density at radius 1 is 1.62 bits per heavy atom. The molecule has 2 N–H and O–H groups in total. The van der Waals surface area contributed by atoms with Crippen LogP contribution in [0.1, 0.15) is 12.7 Å². The van der Waals surface area contributed by atoms with Gasteiger partial charge < -0.3 is 14.7 Å². The third kappa shape index (κ3) is 2.73. The van der Waals surface area contributed by atoms with E-state index < -0.39 is 0 Å². The van der Waals surface area contributed by atoms with Crippen LogP contribution in [-0.4, -0.2) is 16.0 Å². The summed E-state index contributed by atoms with van der Waals surface area (Å²) in [7, 11) is 0. The average molecular weight is 219 g/mol. The van der Waals surface area contributed by atoms with Crippen LogP contribution >= 0.6 is 0 Å². The van der Waals surface area contributed by atoms with Crippen molar-refractivity contribution in [3.05, 3.63) is 46.9 Å². The number of rotatable bonds is 4. The van der Waals surface area contributed by atoms with Crippen molar-refractivity contribution in [1.82, 2.24) is 9.97 Å². The Bertz CT molecular complexity index is 490. The largest absolute Gasteiger partial charge is 0.469 e. The molecule has 0 saturated carbocycles. The highest BCUT2D eigenvalue weighted by atomic mass is 16.3. The normalized spacial score (nSPS) is 12.3. The van der Waals surface area contributed by atoms with E-state index in [2.05, 4.69) is 15.3 Å². The monoisotopic (exact) mass is 219 g/mol. The van der Waals surface area contributed by atoms with E-state index in [9.17, 15) is 4.79 Å². The molecular weight excluding hydrogens is 206 g/mol. The molecule has 84 valence electrons. The Balaban J connectivity index is 1.97. The first-order chi connectivity index (χ1) is 7.74. The number of anilines is 1. The molecule has 2 aromatic rings. The lowest BCUT2D eigenvalue weighted by Crippen LogP contribution is -2.20. The highest BCUT2D eigenvalue weighted by molar-refractivity contribution is 5.33. The first-order valence-corrected chi connectivity index (χ1v) is 5.07. The number of aromatic amines is 1. The summed E-state index contributed by atoms with van der Waals surface area (Å²) in [5.74, 6) is 1.48. The smallest absolute Gasteiger partial charge is 0.252 e. The fourth-order valence-corrected chi connectivity index (χ4v) is 1.48. The van der Waals surface area contributed by atoms with Crippen LogP contribution in [0.25, 0.3) is 0 Å². The van der Waals surface area contributed by atoms with Gasteiger partial charge in [-0.25, -0.2) is 4.98 Å². The standard InChI is InChI=1S/C11H13N3O2/c1-8(5-9-3-2-4-16-9)14-10-6-11(15)13-7-12-10/h2-4,6-8H,5H2,1H3,(H2,12,13,14,15). The van der Waals surface area contributed by atoms with Crippen molar-refractivity contribution in [2.75, 3.05) is 5.32 Å². The highest BCUT2D eigenvalue weighted by Crippen LogP contribution is 2.07. The lowest BCUT2D eigenvalue weighted by molar-refractivity contribution is 0.497. The number of aromatic nitrogens is 2. The SMILES string of the molecule is CC(Cc1ccco1)Nc1cc(=O)[nH]cn1. The van der Waals surface area contributed by atoms with Crippen LogP contribution in [-0.2, 0) is 6.42 Å². The maximum atomic E-state index is 11.0. The first-order valence-electron chi connectivity index (χ1n) is 5.07. The van der Waals surface area contributed by atoms with Gasteiger partial charge in [0.1, 0.15) is 11.6 Å². The molecule has 0 saturated heterocycles. The minimum absolute atomic E-state index is 0.153. The molecule has 0 aliphatic heterocycles. The first kappa shape index (κ1) is 10.5. The van der Waals surface area contributed by atoms with Gasteiger partial charge in [-0.3, -0.25) is 4.79 Å². The van der Waals surface area contributed by atoms with Crippen LogP contribution in [0.15, 0.2) is 40.0 Å². The van der Waals surface area contributed by atoms with Gasteiger partial charge in [0, 0.05) is 18.5 Å². The molecular formula is C11H13N3O2. The Kier molecular flexibility index (Phi) is 3.05. The van der Waals surface area contributed by atoms with Crippen molar-refractivity contribution in [1.29, 1.82) is 0 Å². The lowest BCUT2D eigenvalue weighted by atomic mass is 10.2. The Morgan fingerprint density at radius 3 is 3.19 bits per heavy atom. The topological polar surface area (TPSA) is 70.9 Å². The van der Waals surface area contributed by atoms with Gasteiger partial charge in [0.2, 0.25) is 0 Å². The lowest BCUT2D eigenvalue weighted by Gasteiger charge is -2.12. The van der Waals surface area contributed by atoms with Crippen LogP contribution in [0.5, 0.6) is 0 Å². The van der Waals surface area contributed by atoms with E-state index in [0.29, 0.717) is 5.82 Å². The molecule has 0 amide bonds. The van der Waals surface area contributed by atoms with Crippen molar-refractivity contribution in [2.45, 2.75) is 19.4 Å². The Morgan fingerprint density at radius 2 is 2.50 bits per heavy atom. The summed E-state index contributed by atoms with van der Waals surface area (Å²) < 4.78 is 5.24. The van der Waals surface area contributed by atoms with Gasteiger partial charge in [-0.1, -0.05) is 0 Å². The van der Waals surface area contributed by atoms with Crippen molar-refractivity contribution in [3.63, 3.8) is 0 Å². The minimum Gasteiger partial charge on any atom is -0.469 e. The van der Waals surface area contributed by atoms with Gasteiger partial charge in [0.25, 0.3) is 5.56 Å². The second-order valence-corrected chi connectivity index (χ2v) is 3.63. The van der Waals surface area contributed by atoms with Crippen LogP contribution in [0.4, 0.5) is 5.82 Å². The van der Waals surface area contributed by atoms with E-state index in [-0.39, 0.29) is 11.6 Å². The predicted molar refractivity (Wildman–Crippen MR) is 60.4 cm³/mol. The van der Waals surface area contributed by atoms with Crippen molar-refractivity contribution >= 4 is 5.82 Å². The van der Waals surface area contributed by atoms with Gasteiger partial charge in [-0.05, 0) is 19.1 Å². The van der Waals surface area contributed by atoms with E-state index in [4.69, 9.17) is 4.42 Å². The van der Waals surface area contributed by atoms with Crippen molar-refractivity contribution in [3.8, 4) is 0 Å². The zero-order valence-electron chi connectivity index (χ0n) is 8.93. The molecule has 2 heterocycles. The average Bonchev–Trinajstić information content (AvgIpc) is 2.70. The fraction of sp³-hybridized carbons (Fsp3) is 0.273. The molecule has 16 heavy (non-hydrogen) atoms. The van der Waals surface area contributed by atoms with Gasteiger partial charge in [0.05, 0.1) is 12.6 Å². The molecule has 5 heteroatoms. The zero-order valence-corrected chi connectivity index (χ0v) is 8.93. The summed E-state index contributed by atoms with van der Waals surface area (Å²) in [6.45, 7) is 2.01. The van der Waals surface area contributed by atoms with Gasteiger partial charge in [-0.2, -0.15) is 0 Å². The van der Waals surface area contributed by atoms with Crippen molar-refractivity contribution in [2.24, 2.45) is 0 Å². The van der Waals surface area contributed by atoms with Crippen molar-refractivity contribution < 1.29 is 4.42 Å². The summed E-state index contributed by atoms with van der Waals surface area (Å²) in [5.41, 5.74) is -0.164. The third-order valence-corrected chi connectivity index (χ3v) is 2.16. The summed E-state index contributed by atoms with van der Waals surface area (Å²) in [6.07, 6.45) is 3.78. The van der Waals surface area contributed by atoms with Gasteiger partial charge >= 0.3 is 0 Å². The molecule has 1 unspecified atom stereocenters. The summed E-state index contributed by atoms with van der Waals surface area (Å²) in [6, 6.07) is 5.36. The van der Waals surface area contributed by atoms with Gasteiger partial charge in [0.15, 0.2) is 0 Å². The van der Waals surface area contributed by atoms with Crippen LogP contribution in [0.3, 0.4) is 0 Å². The molecule has 5 nitrogen and oxygen atoms in total. The Hall–Kier alpha value is -2.04. The number of furan rings is 1. The number of nitrogens with zero attached hydrogens (tertiary/aromatic N) is 1. The second kappa shape index (κ2) is 4.65. The van der Waals surface area contributed by atoms with E-state index in [1.807, 2.05) is 19.1 Å². The van der Waals surface area contributed by atoms with Crippen LogP contribution < -0.4 is 10.9 Å². The maximum Gasteiger partial charge on any atom is 0.252 e. The fourth-order valence-electron chi connectivity index (χ4n) is 1.48. The molecule has 0 bridgehead atoms. The second-order valence-electron chi connectivity index (χ2n) is 3.63. The highest BCUT2D eigenvalue weighted by Gasteiger charge is 2.06. The van der Waals surface area contributed by atoms with E-state index in [0.717, 1.165) is 12.2 Å². The number of hydrogen-bond acceptors (Lipinski definition) is 4. The van der Waals surface area contributed by atoms with E-state index in [1.165, 1.54) is 12.4 Å². The molecule has 1 atom stereocenters. The Labute approximate surface area is 92.5 Å². The number of H-pyrrole nitrogens is 1.